The van der Waals surface area contributed by atoms with Crippen LogP contribution in [-0.2, 0) is 0 Å². The van der Waals surface area contributed by atoms with Crippen LogP contribution in [0.1, 0.15) is 25.3 Å². The van der Waals surface area contributed by atoms with Crippen molar-refractivity contribution in [1.29, 1.82) is 0 Å². The molecule has 3 nitrogen and oxygen atoms in total. The summed E-state index contributed by atoms with van der Waals surface area (Å²) in [5.41, 5.74) is 2.44. The third kappa shape index (κ3) is 2.59. The van der Waals surface area contributed by atoms with Crippen molar-refractivity contribution in [3.63, 3.8) is 0 Å². The van der Waals surface area contributed by atoms with Crippen molar-refractivity contribution in [1.82, 2.24) is 15.0 Å². The van der Waals surface area contributed by atoms with E-state index in [-0.39, 0.29) is 5.92 Å². The van der Waals surface area contributed by atoms with Crippen molar-refractivity contribution in [2.45, 2.75) is 19.8 Å². The quantitative estimate of drug-likeness (QED) is 0.615. The Hall–Kier alpha value is -1.71. The molecule has 5 heteroatoms. The second kappa shape index (κ2) is 5.58. The van der Waals surface area contributed by atoms with Crippen molar-refractivity contribution in [3.8, 4) is 11.4 Å². The summed E-state index contributed by atoms with van der Waals surface area (Å²) in [6, 6.07) is 9.76. The summed E-state index contributed by atoms with van der Waals surface area (Å²) in [7, 11) is 0. The molecule has 0 saturated carbocycles. The molecule has 0 aliphatic carbocycles. The largest absolute Gasteiger partial charge is 0.255 e. The third-order valence-corrected chi connectivity index (χ3v) is 3.88. The molecular formula is C16H13Cl2N3. The maximum Gasteiger partial charge on any atom is 0.164 e. The highest BCUT2D eigenvalue weighted by Gasteiger charge is 2.16. The number of para-hydroxylation sites is 1. The van der Waals surface area contributed by atoms with Crippen LogP contribution in [-0.4, -0.2) is 15.0 Å². The Morgan fingerprint density at radius 1 is 0.952 bits per heavy atom. The average molecular weight is 318 g/mol. The van der Waals surface area contributed by atoms with E-state index in [9.17, 15) is 0 Å². The zero-order chi connectivity index (χ0) is 15.0. The number of rotatable bonds is 2. The molecule has 2 heterocycles. The van der Waals surface area contributed by atoms with Gasteiger partial charge in [0.05, 0.1) is 5.52 Å². The third-order valence-electron chi connectivity index (χ3n) is 3.30. The second-order valence-corrected chi connectivity index (χ2v) is 5.79. The molecule has 0 amide bonds. The monoisotopic (exact) mass is 317 g/mol. The van der Waals surface area contributed by atoms with Gasteiger partial charge in [-0.2, -0.15) is 0 Å². The zero-order valence-corrected chi connectivity index (χ0v) is 13.2. The van der Waals surface area contributed by atoms with Gasteiger partial charge in [0, 0.05) is 22.7 Å². The molecule has 3 rings (SSSR count). The zero-order valence-electron chi connectivity index (χ0n) is 11.6. The minimum absolute atomic E-state index is 0.171. The lowest BCUT2D eigenvalue weighted by molar-refractivity contribution is 0.848. The van der Waals surface area contributed by atoms with Gasteiger partial charge in [0.2, 0.25) is 0 Å². The maximum absolute atomic E-state index is 6.27. The number of halogens is 2. The molecule has 1 aromatic carbocycles. The van der Waals surface area contributed by atoms with Gasteiger partial charge in [0.15, 0.2) is 5.82 Å². The second-order valence-electron chi connectivity index (χ2n) is 5.08. The van der Waals surface area contributed by atoms with Gasteiger partial charge in [-0.05, 0) is 18.1 Å². The Morgan fingerprint density at radius 2 is 1.62 bits per heavy atom. The Labute approximate surface area is 133 Å². The summed E-state index contributed by atoms with van der Waals surface area (Å²) >= 11 is 12.5. The van der Waals surface area contributed by atoms with E-state index in [1.165, 1.54) is 0 Å². The van der Waals surface area contributed by atoms with E-state index in [2.05, 4.69) is 15.0 Å². The lowest BCUT2D eigenvalue weighted by Gasteiger charge is -2.11. The van der Waals surface area contributed by atoms with E-state index in [1.54, 1.807) is 6.20 Å². The molecule has 0 aliphatic heterocycles. The van der Waals surface area contributed by atoms with Crippen LogP contribution < -0.4 is 0 Å². The summed E-state index contributed by atoms with van der Waals surface area (Å²) < 4.78 is 0. The number of fused-ring (bicyclic) bond motifs is 1. The molecule has 106 valence electrons. The highest BCUT2D eigenvalue weighted by atomic mass is 35.5. The van der Waals surface area contributed by atoms with Crippen LogP contribution in [0.3, 0.4) is 0 Å². The number of pyridine rings is 1. The SMILES string of the molecule is CC(C)c1c(Cl)nc(-c2cccc3cccnc23)nc1Cl. The van der Waals surface area contributed by atoms with Crippen molar-refractivity contribution in [2.75, 3.05) is 0 Å². The van der Waals surface area contributed by atoms with Crippen LogP contribution >= 0.6 is 23.2 Å². The smallest absolute Gasteiger partial charge is 0.164 e. The topological polar surface area (TPSA) is 38.7 Å². The van der Waals surface area contributed by atoms with Crippen molar-refractivity contribution >= 4 is 34.1 Å². The molecule has 0 fully saturated rings. The maximum atomic E-state index is 6.27. The number of benzene rings is 1. The molecule has 0 radical (unpaired) electrons. The summed E-state index contributed by atoms with van der Waals surface area (Å²) in [6.07, 6.45) is 1.75. The van der Waals surface area contributed by atoms with E-state index < -0.39 is 0 Å². The minimum atomic E-state index is 0.171. The average Bonchev–Trinajstić information content (AvgIpc) is 2.45. The van der Waals surface area contributed by atoms with Crippen LogP contribution in [0.2, 0.25) is 10.3 Å². The molecular weight excluding hydrogens is 305 g/mol. The fraction of sp³-hybridized carbons (Fsp3) is 0.188. The fourth-order valence-corrected chi connectivity index (χ4v) is 3.12. The van der Waals surface area contributed by atoms with E-state index in [0.29, 0.717) is 16.1 Å². The molecule has 0 spiro atoms. The van der Waals surface area contributed by atoms with Crippen molar-refractivity contribution < 1.29 is 0 Å². The normalized spacial score (nSPS) is 11.3. The number of nitrogens with zero attached hydrogens (tertiary/aromatic N) is 3. The molecule has 0 bridgehead atoms. The van der Waals surface area contributed by atoms with Gasteiger partial charge >= 0.3 is 0 Å². The molecule has 0 saturated heterocycles. The van der Waals surface area contributed by atoms with Crippen LogP contribution in [0.4, 0.5) is 0 Å². The molecule has 21 heavy (non-hydrogen) atoms. The summed E-state index contributed by atoms with van der Waals surface area (Å²) in [5, 5.41) is 1.82. The molecule has 3 aromatic rings. The lowest BCUT2D eigenvalue weighted by Crippen LogP contribution is -2.00. The van der Waals surface area contributed by atoms with Crippen LogP contribution in [0, 0.1) is 0 Å². The molecule has 0 aliphatic rings. The number of hydrogen-bond donors (Lipinski definition) is 0. The summed E-state index contributed by atoms with van der Waals surface area (Å²) in [5.74, 6) is 0.670. The fourth-order valence-electron chi connectivity index (χ4n) is 2.30. The first kappa shape index (κ1) is 14.2. The summed E-state index contributed by atoms with van der Waals surface area (Å²) in [4.78, 5) is 13.2. The first-order valence-electron chi connectivity index (χ1n) is 6.65. The van der Waals surface area contributed by atoms with E-state index in [4.69, 9.17) is 23.2 Å². The highest BCUT2D eigenvalue weighted by molar-refractivity contribution is 6.34. The summed E-state index contributed by atoms with van der Waals surface area (Å²) in [6.45, 7) is 4.02. The van der Waals surface area contributed by atoms with E-state index >= 15 is 0 Å². The highest BCUT2D eigenvalue weighted by Crippen LogP contribution is 2.32. The van der Waals surface area contributed by atoms with Gasteiger partial charge in [0.25, 0.3) is 0 Å². The van der Waals surface area contributed by atoms with Crippen molar-refractivity contribution in [3.05, 3.63) is 52.4 Å². The molecule has 2 aromatic heterocycles. The molecule has 0 atom stereocenters. The van der Waals surface area contributed by atoms with Gasteiger partial charge in [0.1, 0.15) is 10.3 Å². The first-order valence-corrected chi connectivity index (χ1v) is 7.40. The molecule has 0 N–H and O–H groups in total. The Bertz CT molecular complexity index is 787. The van der Waals surface area contributed by atoms with Gasteiger partial charge in [-0.15, -0.1) is 0 Å². The van der Waals surface area contributed by atoms with Gasteiger partial charge in [-0.1, -0.05) is 55.2 Å². The van der Waals surface area contributed by atoms with E-state index in [0.717, 1.165) is 22.0 Å². The lowest BCUT2D eigenvalue weighted by atomic mass is 10.1. The van der Waals surface area contributed by atoms with Gasteiger partial charge in [-0.3, -0.25) is 4.98 Å². The standard InChI is InChI=1S/C16H13Cl2N3/c1-9(2)12-14(17)20-16(21-15(12)18)11-7-3-5-10-6-4-8-19-13(10)11/h3-9H,1-2H3. The number of aromatic nitrogens is 3. The number of hydrogen-bond acceptors (Lipinski definition) is 3. The van der Waals surface area contributed by atoms with Crippen LogP contribution in [0.5, 0.6) is 0 Å². The van der Waals surface area contributed by atoms with Crippen LogP contribution in [0.25, 0.3) is 22.3 Å². The van der Waals surface area contributed by atoms with Crippen molar-refractivity contribution in [2.24, 2.45) is 0 Å². The predicted octanol–water partition coefficient (Wildman–Crippen LogP) is 5.12. The molecule has 0 unspecified atom stereocenters. The van der Waals surface area contributed by atoms with Gasteiger partial charge < -0.3 is 0 Å². The minimum Gasteiger partial charge on any atom is -0.255 e. The Balaban J connectivity index is 2.24. The van der Waals surface area contributed by atoms with Crippen LogP contribution in [0.15, 0.2) is 36.5 Å². The Kier molecular flexibility index (Phi) is 3.79. The Morgan fingerprint density at radius 3 is 2.29 bits per heavy atom. The predicted molar refractivity (Wildman–Crippen MR) is 86.9 cm³/mol. The van der Waals surface area contributed by atoms with Gasteiger partial charge in [-0.25, -0.2) is 9.97 Å². The van der Waals surface area contributed by atoms with E-state index in [1.807, 2.05) is 44.2 Å². The first-order chi connectivity index (χ1) is 10.1.